The minimum atomic E-state index is 0.253. The molecule has 170 valence electrons. The van der Waals surface area contributed by atoms with Gasteiger partial charge in [-0.25, -0.2) is 4.68 Å². The summed E-state index contributed by atoms with van der Waals surface area (Å²) in [5.74, 6) is 0.871. The topological polar surface area (TPSA) is 51.5 Å². The van der Waals surface area contributed by atoms with Crippen molar-refractivity contribution in [1.29, 1.82) is 0 Å². The Balaban J connectivity index is 1.44. The van der Waals surface area contributed by atoms with Gasteiger partial charge in [-0.1, -0.05) is 54.1 Å². The highest BCUT2D eigenvalue weighted by atomic mass is 35.5. The first kappa shape index (κ1) is 22.8. The number of nitrogens with one attached hydrogen (secondary N) is 1. The number of aromatic nitrogens is 2. The van der Waals surface area contributed by atoms with Crippen molar-refractivity contribution in [1.82, 2.24) is 20.0 Å². The molecule has 1 fully saturated rings. The first-order valence-corrected chi connectivity index (χ1v) is 11.5. The summed E-state index contributed by atoms with van der Waals surface area (Å²) in [4.78, 5) is 2.48. The van der Waals surface area contributed by atoms with Gasteiger partial charge >= 0.3 is 0 Å². The first-order valence-electron chi connectivity index (χ1n) is 11.1. The van der Waals surface area contributed by atoms with Crippen LogP contribution < -0.4 is 10.1 Å². The van der Waals surface area contributed by atoms with Crippen LogP contribution in [0.2, 0.25) is 5.15 Å². The molecule has 1 atom stereocenters. The molecule has 1 aliphatic heterocycles. The van der Waals surface area contributed by atoms with Crippen molar-refractivity contribution in [3.05, 3.63) is 82.1 Å². The molecular formula is C25H31ClN4O2. The zero-order chi connectivity index (χ0) is 22.3. The van der Waals surface area contributed by atoms with Crippen LogP contribution in [0.15, 0.2) is 54.6 Å². The van der Waals surface area contributed by atoms with E-state index in [1.54, 1.807) is 7.11 Å². The summed E-state index contributed by atoms with van der Waals surface area (Å²) >= 11 is 6.71. The van der Waals surface area contributed by atoms with Crippen LogP contribution in [0.3, 0.4) is 0 Å². The molecule has 0 amide bonds. The smallest absolute Gasteiger partial charge is 0.132 e. The van der Waals surface area contributed by atoms with Crippen molar-refractivity contribution in [2.24, 2.45) is 0 Å². The van der Waals surface area contributed by atoms with Gasteiger partial charge in [-0.2, -0.15) is 5.10 Å². The standard InChI is InChI=1S/C25H31ClN4O2/c1-19-23(25(26)30(28-19)18-20-6-4-3-5-7-20)16-27-17-24(29-12-14-32-15-13-29)21-8-10-22(31-2)11-9-21/h3-11,24,27H,12-18H2,1-2H3. The van der Waals surface area contributed by atoms with Crippen molar-refractivity contribution in [2.75, 3.05) is 40.0 Å². The quantitative estimate of drug-likeness (QED) is 0.528. The highest BCUT2D eigenvalue weighted by Gasteiger charge is 2.23. The number of ether oxygens (including phenoxy) is 2. The Bertz CT molecular complexity index is 985. The van der Waals surface area contributed by atoms with E-state index in [1.807, 2.05) is 41.9 Å². The van der Waals surface area contributed by atoms with Crippen LogP contribution in [-0.2, 0) is 17.8 Å². The number of aryl methyl sites for hydroxylation is 1. The molecule has 0 radical (unpaired) electrons. The Hall–Kier alpha value is -2.38. The first-order chi connectivity index (χ1) is 15.7. The van der Waals surface area contributed by atoms with Crippen LogP contribution in [0, 0.1) is 6.92 Å². The maximum absolute atomic E-state index is 6.71. The van der Waals surface area contributed by atoms with Gasteiger partial charge in [0.1, 0.15) is 10.9 Å². The summed E-state index contributed by atoms with van der Waals surface area (Å²) in [5, 5.41) is 9.01. The molecule has 6 nitrogen and oxygen atoms in total. The molecule has 0 aliphatic carbocycles. The largest absolute Gasteiger partial charge is 0.497 e. The third-order valence-electron chi connectivity index (χ3n) is 5.98. The number of benzene rings is 2. The van der Waals surface area contributed by atoms with Crippen LogP contribution in [0.4, 0.5) is 0 Å². The van der Waals surface area contributed by atoms with E-state index >= 15 is 0 Å². The number of methoxy groups -OCH3 is 1. The molecule has 0 saturated carbocycles. The van der Waals surface area contributed by atoms with Crippen LogP contribution in [0.25, 0.3) is 0 Å². The molecule has 1 N–H and O–H groups in total. The highest BCUT2D eigenvalue weighted by Crippen LogP contribution is 2.25. The van der Waals surface area contributed by atoms with Crippen molar-refractivity contribution < 1.29 is 9.47 Å². The van der Waals surface area contributed by atoms with E-state index in [1.165, 1.54) is 11.1 Å². The molecule has 0 spiro atoms. The van der Waals surface area contributed by atoms with Gasteiger partial charge in [-0.3, -0.25) is 4.90 Å². The van der Waals surface area contributed by atoms with Gasteiger partial charge in [-0.15, -0.1) is 0 Å². The van der Waals surface area contributed by atoms with Crippen molar-refractivity contribution >= 4 is 11.6 Å². The number of halogens is 1. The van der Waals surface area contributed by atoms with Crippen molar-refractivity contribution in [3.63, 3.8) is 0 Å². The van der Waals surface area contributed by atoms with Gasteiger partial charge in [-0.05, 0) is 30.2 Å². The lowest BCUT2D eigenvalue weighted by molar-refractivity contribution is 0.0161. The fourth-order valence-corrected chi connectivity index (χ4v) is 4.46. The fraction of sp³-hybridized carbons (Fsp3) is 0.400. The summed E-state index contributed by atoms with van der Waals surface area (Å²) in [7, 11) is 1.69. The zero-order valence-electron chi connectivity index (χ0n) is 18.8. The highest BCUT2D eigenvalue weighted by molar-refractivity contribution is 6.30. The van der Waals surface area contributed by atoms with E-state index in [4.69, 9.17) is 21.1 Å². The molecule has 2 heterocycles. The average Bonchev–Trinajstić information content (AvgIpc) is 3.10. The number of morpholine rings is 1. The number of rotatable bonds is 9. The minimum absolute atomic E-state index is 0.253. The molecule has 0 bridgehead atoms. The Kier molecular flexibility index (Phi) is 7.81. The monoisotopic (exact) mass is 454 g/mol. The molecule has 1 saturated heterocycles. The fourth-order valence-electron chi connectivity index (χ4n) is 4.16. The van der Waals surface area contributed by atoms with Crippen LogP contribution in [-0.4, -0.2) is 54.6 Å². The molecule has 7 heteroatoms. The number of nitrogens with zero attached hydrogens (tertiary/aromatic N) is 3. The van der Waals surface area contributed by atoms with Gasteiger partial charge in [0.05, 0.1) is 32.6 Å². The Labute approximate surface area is 195 Å². The zero-order valence-corrected chi connectivity index (χ0v) is 19.5. The van der Waals surface area contributed by atoms with Crippen molar-refractivity contribution in [3.8, 4) is 5.75 Å². The normalized spacial score (nSPS) is 15.6. The predicted octanol–water partition coefficient (Wildman–Crippen LogP) is 4.06. The molecule has 1 unspecified atom stereocenters. The lowest BCUT2D eigenvalue weighted by Crippen LogP contribution is -2.42. The molecule has 4 rings (SSSR count). The van der Waals surface area contributed by atoms with Gasteiger partial charge in [0, 0.05) is 37.8 Å². The molecule has 1 aromatic heterocycles. The summed E-state index contributed by atoms with van der Waals surface area (Å²) in [6.45, 7) is 7.56. The number of hydrogen-bond donors (Lipinski definition) is 1. The summed E-state index contributed by atoms with van der Waals surface area (Å²) < 4.78 is 12.8. The lowest BCUT2D eigenvalue weighted by Gasteiger charge is -2.35. The molecule has 3 aromatic rings. The van der Waals surface area contributed by atoms with Crippen LogP contribution in [0.5, 0.6) is 5.75 Å². The summed E-state index contributed by atoms with van der Waals surface area (Å²) in [5.41, 5.74) is 4.47. The van der Waals surface area contributed by atoms with Gasteiger partial charge < -0.3 is 14.8 Å². The SMILES string of the molecule is COc1ccc(C(CNCc2c(C)nn(Cc3ccccc3)c2Cl)N2CCOCC2)cc1. The second-order valence-corrected chi connectivity index (χ2v) is 8.42. The maximum Gasteiger partial charge on any atom is 0.132 e. The van der Waals surface area contributed by atoms with Gasteiger partial charge in [0.25, 0.3) is 0 Å². The molecule has 2 aromatic carbocycles. The second-order valence-electron chi connectivity index (χ2n) is 8.07. The van der Waals surface area contributed by atoms with Crippen molar-refractivity contribution in [2.45, 2.75) is 26.1 Å². The van der Waals surface area contributed by atoms with E-state index in [0.717, 1.165) is 49.9 Å². The van der Waals surface area contributed by atoms with Crippen LogP contribution >= 0.6 is 11.6 Å². The molecule has 32 heavy (non-hydrogen) atoms. The summed E-state index contributed by atoms with van der Waals surface area (Å²) in [6, 6.07) is 18.9. The molecular weight excluding hydrogens is 424 g/mol. The van der Waals surface area contributed by atoms with E-state index in [0.29, 0.717) is 18.2 Å². The lowest BCUT2D eigenvalue weighted by atomic mass is 10.0. The van der Waals surface area contributed by atoms with Crippen LogP contribution in [0.1, 0.15) is 28.4 Å². The van der Waals surface area contributed by atoms with E-state index < -0.39 is 0 Å². The molecule has 1 aliphatic rings. The van der Waals surface area contributed by atoms with E-state index in [-0.39, 0.29) is 6.04 Å². The Morgan fingerprint density at radius 1 is 1.09 bits per heavy atom. The maximum atomic E-state index is 6.71. The third-order valence-corrected chi connectivity index (χ3v) is 6.41. The Morgan fingerprint density at radius 2 is 1.81 bits per heavy atom. The summed E-state index contributed by atoms with van der Waals surface area (Å²) in [6.07, 6.45) is 0. The van der Waals surface area contributed by atoms with Gasteiger partial charge in [0.15, 0.2) is 0 Å². The average molecular weight is 455 g/mol. The third kappa shape index (κ3) is 5.51. The second kappa shape index (κ2) is 11.0. The number of hydrogen-bond acceptors (Lipinski definition) is 5. The predicted molar refractivity (Wildman–Crippen MR) is 127 cm³/mol. The van der Waals surface area contributed by atoms with E-state index in [2.05, 4.69) is 39.6 Å². The minimum Gasteiger partial charge on any atom is -0.497 e. The Morgan fingerprint density at radius 3 is 2.50 bits per heavy atom. The van der Waals surface area contributed by atoms with Gasteiger partial charge in [0.2, 0.25) is 0 Å². The van der Waals surface area contributed by atoms with E-state index in [9.17, 15) is 0 Å².